The fraction of sp³-hybridized carbons (Fsp3) is 0.182. The summed E-state index contributed by atoms with van der Waals surface area (Å²) in [5.74, 6) is 0.0369. The number of carbonyl (C=O) groups excluding carboxylic acids is 2. The molecule has 0 spiro atoms. The number of rotatable bonds is 5. The van der Waals surface area contributed by atoms with Gasteiger partial charge in [-0.15, -0.1) is 0 Å². The summed E-state index contributed by atoms with van der Waals surface area (Å²) in [6.07, 6.45) is 1.57. The van der Waals surface area contributed by atoms with E-state index >= 15 is 0 Å². The van der Waals surface area contributed by atoms with Crippen LogP contribution in [0.4, 0.5) is 5.69 Å². The fourth-order valence-corrected chi connectivity index (χ4v) is 3.78. The molecule has 8 heteroatoms. The van der Waals surface area contributed by atoms with Gasteiger partial charge in [-0.1, -0.05) is 23.2 Å². The van der Waals surface area contributed by atoms with E-state index in [-0.39, 0.29) is 11.1 Å². The van der Waals surface area contributed by atoms with Crippen molar-refractivity contribution in [2.45, 2.75) is 6.92 Å². The zero-order valence-corrected chi connectivity index (χ0v) is 18.3. The minimum atomic E-state index is -0.635. The predicted octanol–water partition coefficient (Wildman–Crippen LogP) is 4.89. The summed E-state index contributed by atoms with van der Waals surface area (Å²) in [5, 5.41) is 0.731. The van der Waals surface area contributed by atoms with Gasteiger partial charge in [0.25, 0.3) is 5.91 Å². The van der Waals surface area contributed by atoms with Crippen LogP contribution in [0.1, 0.15) is 12.5 Å². The van der Waals surface area contributed by atoms with Crippen molar-refractivity contribution in [3.05, 3.63) is 68.9 Å². The maximum Gasteiger partial charge on any atom is 0.340 e. The highest BCUT2D eigenvalue weighted by Crippen LogP contribution is 2.38. The summed E-state index contributed by atoms with van der Waals surface area (Å²) in [6.45, 7) is 1.66. The number of benzene rings is 2. The monoisotopic (exact) mass is 447 g/mol. The molecule has 2 aromatic carbocycles. The third-order valence-corrected chi connectivity index (χ3v) is 5.07. The lowest BCUT2D eigenvalue weighted by Crippen LogP contribution is -2.24. The Bertz CT molecular complexity index is 1070. The van der Waals surface area contributed by atoms with Crippen molar-refractivity contribution >= 4 is 46.8 Å². The number of hydrogen-bond acceptors (Lipinski definition) is 5. The molecule has 0 unspecified atom stereocenters. The van der Waals surface area contributed by atoms with E-state index < -0.39 is 11.9 Å². The third-order valence-electron chi connectivity index (χ3n) is 4.63. The molecule has 30 heavy (non-hydrogen) atoms. The Morgan fingerprint density at radius 3 is 2.23 bits per heavy atom. The average Bonchev–Trinajstić information content (AvgIpc) is 2.96. The normalized spacial score (nSPS) is 15.1. The molecule has 6 nitrogen and oxygen atoms in total. The molecule has 0 atom stereocenters. The minimum Gasteiger partial charge on any atom is -0.497 e. The van der Waals surface area contributed by atoms with Crippen molar-refractivity contribution in [3.8, 4) is 11.5 Å². The predicted molar refractivity (Wildman–Crippen MR) is 116 cm³/mol. The molecule has 0 bridgehead atoms. The quantitative estimate of drug-likeness (QED) is 0.482. The molecule has 1 aliphatic rings. The molecule has 156 valence electrons. The number of hydrogen-bond donors (Lipinski definition) is 0. The number of amides is 1. The minimum absolute atomic E-state index is 0.142. The summed E-state index contributed by atoms with van der Waals surface area (Å²) in [4.78, 5) is 27.3. The Labute approximate surface area is 184 Å². The van der Waals surface area contributed by atoms with E-state index in [1.807, 2.05) is 0 Å². The topological polar surface area (TPSA) is 65.1 Å². The summed E-state index contributed by atoms with van der Waals surface area (Å²) >= 11 is 12.2. The molecule has 1 aliphatic heterocycles. The third kappa shape index (κ3) is 4.01. The van der Waals surface area contributed by atoms with Crippen molar-refractivity contribution in [2.24, 2.45) is 0 Å². The Morgan fingerprint density at radius 2 is 1.67 bits per heavy atom. The van der Waals surface area contributed by atoms with E-state index in [9.17, 15) is 9.59 Å². The average molecular weight is 448 g/mol. The van der Waals surface area contributed by atoms with Gasteiger partial charge < -0.3 is 14.2 Å². The molecule has 0 saturated heterocycles. The van der Waals surface area contributed by atoms with Crippen LogP contribution in [-0.2, 0) is 14.3 Å². The van der Waals surface area contributed by atoms with E-state index in [1.54, 1.807) is 49.4 Å². The van der Waals surface area contributed by atoms with E-state index in [0.717, 1.165) is 0 Å². The van der Waals surface area contributed by atoms with Crippen LogP contribution < -0.4 is 14.4 Å². The lowest BCUT2D eigenvalue weighted by molar-refractivity contribution is -0.136. The van der Waals surface area contributed by atoms with Crippen molar-refractivity contribution in [2.75, 3.05) is 26.2 Å². The molecule has 2 aromatic rings. The molecule has 0 N–H and O–H groups in total. The van der Waals surface area contributed by atoms with Crippen molar-refractivity contribution in [3.63, 3.8) is 0 Å². The maximum absolute atomic E-state index is 13.4. The number of nitrogens with zero attached hydrogens (tertiary/aromatic N) is 1. The second-order valence-corrected chi connectivity index (χ2v) is 7.26. The number of anilines is 1. The number of halogens is 2. The van der Waals surface area contributed by atoms with Gasteiger partial charge in [-0.2, -0.15) is 0 Å². The van der Waals surface area contributed by atoms with Crippen LogP contribution in [0.3, 0.4) is 0 Å². The van der Waals surface area contributed by atoms with Crippen molar-refractivity contribution < 1.29 is 23.8 Å². The molecule has 1 amide bonds. The van der Waals surface area contributed by atoms with Crippen molar-refractivity contribution in [1.82, 2.24) is 0 Å². The zero-order chi connectivity index (χ0) is 22.0. The van der Waals surface area contributed by atoms with Crippen LogP contribution >= 0.6 is 23.2 Å². The van der Waals surface area contributed by atoms with Crippen molar-refractivity contribution in [1.29, 1.82) is 0 Å². The standard InChI is InChI=1S/C22H19Cl2NO5/c1-12-20(22(27)30-4)18(8-13-7-17(28-2)5-6-19(13)29-3)21(26)25(12)16-10-14(23)9-15(24)11-16/h5-11H,1-4H3/b18-8-. The lowest BCUT2D eigenvalue weighted by Gasteiger charge is -2.18. The number of allylic oxidation sites excluding steroid dienone is 1. The van der Waals surface area contributed by atoms with Crippen LogP contribution in [-0.4, -0.2) is 33.2 Å². The van der Waals surface area contributed by atoms with Gasteiger partial charge in [0.05, 0.1) is 38.2 Å². The van der Waals surface area contributed by atoms with Gasteiger partial charge >= 0.3 is 5.97 Å². The lowest BCUT2D eigenvalue weighted by atomic mass is 10.0. The Balaban J connectivity index is 2.21. The number of esters is 1. The molecule has 1 heterocycles. The Kier molecular flexibility index (Phi) is 6.39. The van der Waals surface area contributed by atoms with E-state index in [4.69, 9.17) is 37.4 Å². The first kappa shape index (κ1) is 21.7. The highest BCUT2D eigenvalue weighted by Gasteiger charge is 2.38. The molecule has 0 radical (unpaired) electrons. The first-order valence-electron chi connectivity index (χ1n) is 8.84. The van der Waals surface area contributed by atoms with Gasteiger partial charge in [0.1, 0.15) is 11.5 Å². The summed E-state index contributed by atoms with van der Waals surface area (Å²) < 4.78 is 15.6. The summed E-state index contributed by atoms with van der Waals surface area (Å²) in [6, 6.07) is 9.92. The molecule has 3 rings (SSSR count). The molecule has 0 aliphatic carbocycles. The first-order chi connectivity index (χ1) is 14.3. The van der Waals surface area contributed by atoms with Crippen LogP contribution in [0.2, 0.25) is 10.0 Å². The largest absolute Gasteiger partial charge is 0.497 e. The van der Waals surface area contributed by atoms with E-state index in [0.29, 0.717) is 38.5 Å². The van der Waals surface area contributed by atoms with Crippen LogP contribution in [0.15, 0.2) is 53.2 Å². The zero-order valence-electron chi connectivity index (χ0n) is 16.8. The number of methoxy groups -OCH3 is 3. The second kappa shape index (κ2) is 8.81. The Hall–Kier alpha value is -2.96. The van der Waals surface area contributed by atoms with Gasteiger partial charge in [-0.25, -0.2) is 4.79 Å². The fourth-order valence-electron chi connectivity index (χ4n) is 3.27. The second-order valence-electron chi connectivity index (χ2n) is 6.39. The molecular weight excluding hydrogens is 429 g/mol. The summed E-state index contributed by atoms with van der Waals surface area (Å²) in [7, 11) is 4.31. The molecule has 0 saturated carbocycles. The van der Waals surface area contributed by atoms with Gasteiger partial charge in [-0.3, -0.25) is 9.69 Å². The maximum atomic E-state index is 13.4. The number of ether oxygens (including phenoxy) is 3. The van der Waals surface area contributed by atoms with E-state index in [1.165, 1.54) is 26.2 Å². The van der Waals surface area contributed by atoms with Gasteiger partial charge in [0, 0.05) is 21.3 Å². The van der Waals surface area contributed by atoms with Gasteiger partial charge in [-0.05, 0) is 49.4 Å². The Morgan fingerprint density at radius 1 is 1.00 bits per heavy atom. The molecule has 0 aromatic heterocycles. The van der Waals surface area contributed by atoms with Crippen LogP contribution in [0.5, 0.6) is 11.5 Å². The van der Waals surface area contributed by atoms with Crippen LogP contribution in [0.25, 0.3) is 6.08 Å². The van der Waals surface area contributed by atoms with Gasteiger partial charge in [0.2, 0.25) is 0 Å². The molecule has 0 fully saturated rings. The smallest absolute Gasteiger partial charge is 0.340 e. The van der Waals surface area contributed by atoms with E-state index in [2.05, 4.69) is 0 Å². The first-order valence-corrected chi connectivity index (χ1v) is 9.60. The highest BCUT2D eigenvalue weighted by atomic mass is 35.5. The number of carbonyl (C=O) groups is 2. The highest BCUT2D eigenvalue weighted by molar-refractivity contribution is 6.35. The SMILES string of the molecule is COC(=O)C1=C(C)N(c2cc(Cl)cc(Cl)c2)C(=O)/C1=C\c1cc(OC)ccc1OC. The van der Waals surface area contributed by atoms with Gasteiger partial charge in [0.15, 0.2) is 0 Å². The molecular formula is C22H19Cl2NO5. The summed E-state index contributed by atoms with van der Waals surface area (Å²) in [5.41, 5.74) is 1.71. The van der Waals surface area contributed by atoms with Crippen LogP contribution in [0, 0.1) is 0 Å².